The van der Waals surface area contributed by atoms with Gasteiger partial charge in [-0.05, 0) is 68.5 Å². The molecular weight excluding hydrogens is 462 g/mol. The van der Waals surface area contributed by atoms with Gasteiger partial charge in [0.05, 0.1) is 5.69 Å². The Labute approximate surface area is 210 Å². The molecule has 0 saturated carbocycles. The van der Waals surface area contributed by atoms with Gasteiger partial charge in [0.2, 0.25) is 5.91 Å². The average molecular weight is 496 g/mol. The molecule has 1 amide bonds. The van der Waals surface area contributed by atoms with Crippen LogP contribution in [0.25, 0.3) is 11.0 Å². The van der Waals surface area contributed by atoms with E-state index < -0.39 is 12.3 Å². The van der Waals surface area contributed by atoms with Crippen LogP contribution in [0.15, 0.2) is 65.2 Å². The molecule has 4 rings (SSSR count). The van der Waals surface area contributed by atoms with Crippen LogP contribution < -0.4 is 5.32 Å². The van der Waals surface area contributed by atoms with Gasteiger partial charge < -0.3 is 25.2 Å². The molecular formula is C27H33N3O6. The number of aromatic nitrogens is 1. The number of aryl methyl sites for hydroxylation is 1. The molecule has 4 N–H and O–H groups in total. The van der Waals surface area contributed by atoms with Gasteiger partial charge in [0.1, 0.15) is 0 Å². The largest absolute Gasteiger partial charge is 0.478 e. The van der Waals surface area contributed by atoms with Gasteiger partial charge in [0.15, 0.2) is 11.9 Å². The van der Waals surface area contributed by atoms with Crippen LogP contribution in [0, 0.1) is 5.92 Å². The summed E-state index contributed by atoms with van der Waals surface area (Å²) in [7, 11) is 0. The van der Waals surface area contributed by atoms with E-state index in [-0.39, 0.29) is 5.91 Å². The summed E-state index contributed by atoms with van der Waals surface area (Å²) in [5.41, 5.74) is 3.90. The van der Waals surface area contributed by atoms with Crippen molar-refractivity contribution in [1.82, 2.24) is 10.1 Å². The van der Waals surface area contributed by atoms with Gasteiger partial charge in [0, 0.05) is 36.7 Å². The number of fused-ring (bicyclic) bond motifs is 1. The second kappa shape index (κ2) is 13.5. The molecule has 36 heavy (non-hydrogen) atoms. The first-order valence-electron chi connectivity index (χ1n) is 12.0. The van der Waals surface area contributed by atoms with E-state index in [2.05, 4.69) is 45.7 Å². The number of aliphatic hydroxyl groups excluding tert-OH is 1. The van der Waals surface area contributed by atoms with E-state index in [1.807, 2.05) is 18.2 Å². The molecule has 0 aliphatic carbocycles. The molecule has 2 aromatic carbocycles. The van der Waals surface area contributed by atoms with E-state index >= 15 is 0 Å². The Morgan fingerprint density at radius 3 is 2.50 bits per heavy atom. The quantitative estimate of drug-likeness (QED) is 0.275. The number of carbonyl (C=O) groups is 2. The molecule has 1 aromatic heterocycles. The molecule has 1 aliphatic heterocycles. The summed E-state index contributed by atoms with van der Waals surface area (Å²) in [6.07, 6.45) is 4.31. The third-order valence-corrected chi connectivity index (χ3v) is 6.02. The second-order valence-corrected chi connectivity index (χ2v) is 8.88. The lowest BCUT2D eigenvalue weighted by Gasteiger charge is -2.31. The molecule has 0 bridgehead atoms. The number of carbonyl (C=O) groups excluding carboxylic acids is 1. The lowest BCUT2D eigenvalue weighted by molar-refractivity contribution is -0.131. The number of benzene rings is 2. The zero-order chi connectivity index (χ0) is 25.9. The number of nitrogens with zero attached hydrogens (tertiary/aromatic N) is 2. The molecule has 0 spiro atoms. The monoisotopic (exact) mass is 495 g/mol. The van der Waals surface area contributed by atoms with Gasteiger partial charge in [-0.15, -0.1) is 0 Å². The van der Waals surface area contributed by atoms with Crippen LogP contribution in [0.2, 0.25) is 0 Å². The van der Waals surface area contributed by atoms with Crippen molar-refractivity contribution in [2.45, 2.75) is 45.4 Å². The highest BCUT2D eigenvalue weighted by molar-refractivity contribution is 5.92. The van der Waals surface area contributed by atoms with Crippen molar-refractivity contribution in [2.24, 2.45) is 5.92 Å². The fraction of sp³-hybridized carbons (Fsp3) is 0.370. The summed E-state index contributed by atoms with van der Waals surface area (Å²) >= 11 is 0. The molecule has 9 nitrogen and oxygen atoms in total. The third kappa shape index (κ3) is 8.92. The average Bonchev–Trinajstić information content (AvgIpc) is 3.25. The first-order valence-corrected chi connectivity index (χ1v) is 12.0. The van der Waals surface area contributed by atoms with Crippen molar-refractivity contribution in [3.63, 3.8) is 0 Å². The van der Waals surface area contributed by atoms with E-state index in [9.17, 15) is 9.59 Å². The maximum absolute atomic E-state index is 11.2. The van der Waals surface area contributed by atoms with Gasteiger partial charge in [0.25, 0.3) is 0 Å². The van der Waals surface area contributed by atoms with Crippen molar-refractivity contribution < 1.29 is 29.4 Å². The molecule has 1 aliphatic rings. The van der Waals surface area contributed by atoms with Crippen LogP contribution in [0.3, 0.4) is 0 Å². The summed E-state index contributed by atoms with van der Waals surface area (Å²) in [6.45, 7) is 4.89. The number of nitrogens with one attached hydrogen (secondary N) is 1. The van der Waals surface area contributed by atoms with Crippen LogP contribution in [0.4, 0.5) is 5.69 Å². The molecule has 1 fully saturated rings. The van der Waals surface area contributed by atoms with Gasteiger partial charge in [-0.3, -0.25) is 9.69 Å². The highest BCUT2D eigenvalue weighted by Gasteiger charge is 2.20. The van der Waals surface area contributed by atoms with Crippen molar-refractivity contribution in [2.75, 3.05) is 18.4 Å². The number of carboxylic acid groups (broad SMARTS) is 1. The standard InChI is InChI=1S/C23H27N3O2.C4H6O4/c1-17(27)24-20-8-9-21-22(25-28-23(21)15-20)10-7-18-11-13-26(14-12-18)16-19-5-3-2-4-6-19;5-3(6)1-2-4(7)8/h2-6,8-9,15,18H,7,10-14,16H2,1H3,(H,24,27);1-3,5-6H,(H,7,8)/b;2-1+. The van der Waals surface area contributed by atoms with E-state index in [0.717, 1.165) is 53.7 Å². The van der Waals surface area contributed by atoms with E-state index in [4.69, 9.17) is 19.8 Å². The van der Waals surface area contributed by atoms with Crippen LogP contribution in [-0.4, -0.2) is 56.6 Å². The van der Waals surface area contributed by atoms with Gasteiger partial charge in [-0.1, -0.05) is 35.5 Å². The fourth-order valence-corrected chi connectivity index (χ4v) is 4.24. The molecule has 1 saturated heterocycles. The second-order valence-electron chi connectivity index (χ2n) is 8.88. The van der Waals surface area contributed by atoms with Crippen molar-refractivity contribution >= 4 is 28.5 Å². The zero-order valence-electron chi connectivity index (χ0n) is 20.3. The topological polar surface area (TPSA) is 136 Å². The fourth-order valence-electron chi connectivity index (χ4n) is 4.24. The Morgan fingerprint density at radius 2 is 1.89 bits per heavy atom. The zero-order valence-corrected chi connectivity index (χ0v) is 20.3. The highest BCUT2D eigenvalue weighted by Crippen LogP contribution is 2.27. The summed E-state index contributed by atoms with van der Waals surface area (Å²) in [4.78, 5) is 23.3. The number of rotatable bonds is 8. The number of hydrogen-bond donors (Lipinski definition) is 4. The minimum absolute atomic E-state index is 0.0855. The minimum Gasteiger partial charge on any atom is -0.478 e. The van der Waals surface area contributed by atoms with Gasteiger partial charge in [-0.2, -0.15) is 0 Å². The highest BCUT2D eigenvalue weighted by atomic mass is 16.5. The number of hydrogen-bond acceptors (Lipinski definition) is 7. The summed E-state index contributed by atoms with van der Waals surface area (Å²) in [6, 6.07) is 16.5. The number of likely N-dealkylation sites (tertiary alicyclic amines) is 1. The summed E-state index contributed by atoms with van der Waals surface area (Å²) < 4.78 is 5.49. The number of aliphatic carboxylic acids is 1. The summed E-state index contributed by atoms with van der Waals surface area (Å²) in [5, 5.41) is 32.0. The van der Waals surface area contributed by atoms with Crippen molar-refractivity contribution in [3.8, 4) is 0 Å². The summed E-state index contributed by atoms with van der Waals surface area (Å²) in [5.74, 6) is -0.534. The Balaban J connectivity index is 0.000000392. The lowest BCUT2D eigenvalue weighted by Crippen LogP contribution is -2.33. The molecule has 0 atom stereocenters. The van der Waals surface area contributed by atoms with E-state index in [1.165, 1.54) is 38.4 Å². The predicted octanol–water partition coefficient (Wildman–Crippen LogP) is 3.57. The molecule has 192 valence electrons. The molecule has 0 radical (unpaired) electrons. The Kier molecular flexibility index (Phi) is 10.2. The normalized spacial score (nSPS) is 14.7. The Hall–Kier alpha value is -3.53. The lowest BCUT2D eigenvalue weighted by atomic mass is 9.91. The first-order chi connectivity index (χ1) is 17.3. The third-order valence-electron chi connectivity index (χ3n) is 6.02. The van der Waals surface area contributed by atoms with Crippen LogP contribution in [-0.2, 0) is 22.6 Å². The number of carboxylic acids is 1. The molecule has 3 aromatic rings. The van der Waals surface area contributed by atoms with Crippen LogP contribution in [0.5, 0.6) is 0 Å². The van der Waals surface area contributed by atoms with E-state index in [1.54, 1.807) is 0 Å². The maximum atomic E-state index is 11.2. The van der Waals surface area contributed by atoms with Gasteiger partial charge in [-0.25, -0.2) is 4.79 Å². The molecule has 0 unspecified atom stereocenters. The number of amides is 1. The number of aliphatic hydroxyl groups is 2. The van der Waals surface area contributed by atoms with Crippen LogP contribution in [0.1, 0.15) is 37.4 Å². The SMILES string of the molecule is CC(=O)Nc1ccc2c(CCC3CCN(Cc4ccccc4)CC3)noc2c1.O=C(O)/C=C/C(O)O. The van der Waals surface area contributed by atoms with Crippen LogP contribution >= 0.6 is 0 Å². The van der Waals surface area contributed by atoms with E-state index in [0.29, 0.717) is 6.08 Å². The van der Waals surface area contributed by atoms with Crippen molar-refractivity contribution in [1.29, 1.82) is 0 Å². The Bertz CT molecular complexity index is 1150. The molecule has 9 heteroatoms. The number of piperidine rings is 1. The predicted molar refractivity (Wildman–Crippen MR) is 136 cm³/mol. The minimum atomic E-state index is -1.67. The maximum Gasteiger partial charge on any atom is 0.328 e. The molecule has 2 heterocycles. The smallest absolute Gasteiger partial charge is 0.328 e. The first kappa shape index (κ1) is 27.1. The number of anilines is 1. The van der Waals surface area contributed by atoms with Crippen molar-refractivity contribution in [3.05, 3.63) is 71.9 Å². The van der Waals surface area contributed by atoms with Gasteiger partial charge >= 0.3 is 5.97 Å². The Morgan fingerprint density at radius 1 is 1.17 bits per heavy atom.